The molecular weight excluding hydrogens is 280 g/mol. The van der Waals surface area contributed by atoms with E-state index in [1.54, 1.807) is 11.3 Å². The predicted molar refractivity (Wildman–Crippen MR) is 86.5 cm³/mol. The molecule has 0 radical (unpaired) electrons. The molecule has 0 amide bonds. The summed E-state index contributed by atoms with van der Waals surface area (Å²) < 4.78 is 0. The van der Waals surface area contributed by atoms with Gasteiger partial charge in [-0.2, -0.15) is 0 Å². The Hall–Kier alpha value is -1.23. The van der Waals surface area contributed by atoms with Crippen LogP contribution in [0.2, 0.25) is 0 Å². The summed E-state index contributed by atoms with van der Waals surface area (Å²) in [6.07, 6.45) is 3.15. The van der Waals surface area contributed by atoms with E-state index in [4.69, 9.17) is 0 Å². The number of nitrogens with zero attached hydrogens (tertiary/aromatic N) is 2. The highest BCUT2D eigenvalue weighted by Gasteiger charge is 2.27. The van der Waals surface area contributed by atoms with Gasteiger partial charge in [0.1, 0.15) is 0 Å². The molecule has 0 fully saturated rings. The molecule has 1 aliphatic rings. The zero-order valence-electron chi connectivity index (χ0n) is 12.5. The maximum absolute atomic E-state index is 9.18. The average Bonchev–Trinajstić information content (AvgIpc) is 3.09. The van der Waals surface area contributed by atoms with Crippen molar-refractivity contribution in [1.29, 1.82) is 0 Å². The van der Waals surface area contributed by atoms with Crippen LogP contribution in [0, 0.1) is 6.92 Å². The summed E-state index contributed by atoms with van der Waals surface area (Å²) in [7, 11) is 0. The number of benzene rings is 1. The minimum Gasteiger partial charge on any atom is -0.396 e. The zero-order chi connectivity index (χ0) is 14.7. The van der Waals surface area contributed by atoms with E-state index < -0.39 is 0 Å². The van der Waals surface area contributed by atoms with Crippen LogP contribution in [0.4, 0.5) is 0 Å². The third-order valence-electron chi connectivity index (χ3n) is 4.18. The predicted octanol–water partition coefficient (Wildman–Crippen LogP) is 3.32. The molecule has 21 heavy (non-hydrogen) atoms. The van der Waals surface area contributed by atoms with Gasteiger partial charge in [0.15, 0.2) is 0 Å². The van der Waals surface area contributed by atoms with Crippen LogP contribution in [0.1, 0.15) is 40.7 Å². The lowest BCUT2D eigenvalue weighted by Crippen LogP contribution is -2.29. The molecule has 3 rings (SSSR count). The summed E-state index contributed by atoms with van der Waals surface area (Å²) in [5.41, 5.74) is 4.09. The number of fused-ring (bicyclic) bond motifs is 1. The standard InChI is InChI=1S/C17H22N2OS/c1-13-18-15(12-21-13)11-19(9-4-10-20)17-8-7-14-5-2-3-6-16(14)17/h2-3,5-6,12,17,20H,4,7-11H2,1H3. The van der Waals surface area contributed by atoms with Crippen molar-refractivity contribution in [1.82, 2.24) is 9.88 Å². The molecule has 1 N–H and O–H groups in total. The molecule has 1 heterocycles. The Labute approximate surface area is 130 Å². The minimum absolute atomic E-state index is 0.251. The molecule has 0 saturated carbocycles. The van der Waals surface area contributed by atoms with Crippen LogP contribution in [-0.2, 0) is 13.0 Å². The van der Waals surface area contributed by atoms with Gasteiger partial charge in [0, 0.05) is 31.1 Å². The van der Waals surface area contributed by atoms with E-state index in [1.165, 1.54) is 17.5 Å². The second kappa shape index (κ2) is 6.69. The first kappa shape index (κ1) is 14.7. The van der Waals surface area contributed by atoms with Crippen LogP contribution < -0.4 is 0 Å². The van der Waals surface area contributed by atoms with Gasteiger partial charge in [-0.3, -0.25) is 4.90 Å². The Morgan fingerprint density at radius 3 is 3.00 bits per heavy atom. The average molecular weight is 302 g/mol. The van der Waals surface area contributed by atoms with Crippen LogP contribution in [0.3, 0.4) is 0 Å². The van der Waals surface area contributed by atoms with Gasteiger partial charge in [-0.1, -0.05) is 24.3 Å². The maximum atomic E-state index is 9.18. The van der Waals surface area contributed by atoms with E-state index in [0.29, 0.717) is 6.04 Å². The number of aliphatic hydroxyl groups is 1. The van der Waals surface area contributed by atoms with Crippen LogP contribution in [-0.4, -0.2) is 28.1 Å². The third kappa shape index (κ3) is 3.34. The molecule has 0 saturated heterocycles. The van der Waals surface area contributed by atoms with E-state index in [1.807, 2.05) is 0 Å². The first-order valence-corrected chi connectivity index (χ1v) is 8.49. The molecule has 3 nitrogen and oxygen atoms in total. The van der Waals surface area contributed by atoms with Crippen molar-refractivity contribution in [3.05, 3.63) is 51.5 Å². The number of thiazole rings is 1. The Morgan fingerprint density at radius 2 is 2.24 bits per heavy atom. The van der Waals surface area contributed by atoms with Crippen molar-refractivity contribution in [2.24, 2.45) is 0 Å². The fourth-order valence-electron chi connectivity index (χ4n) is 3.22. The third-order valence-corrected chi connectivity index (χ3v) is 5.00. The van der Waals surface area contributed by atoms with Gasteiger partial charge in [0.25, 0.3) is 0 Å². The van der Waals surface area contributed by atoms with Crippen molar-refractivity contribution in [2.75, 3.05) is 13.2 Å². The van der Waals surface area contributed by atoms with Gasteiger partial charge in [-0.05, 0) is 37.3 Å². The molecule has 1 atom stereocenters. The van der Waals surface area contributed by atoms with Crippen molar-refractivity contribution in [3.63, 3.8) is 0 Å². The van der Waals surface area contributed by atoms with Crippen LogP contribution in [0.5, 0.6) is 0 Å². The quantitative estimate of drug-likeness (QED) is 0.889. The summed E-state index contributed by atoms with van der Waals surface area (Å²) in [5, 5.41) is 12.5. The number of hydrogen-bond acceptors (Lipinski definition) is 4. The van der Waals surface area contributed by atoms with E-state index >= 15 is 0 Å². The van der Waals surface area contributed by atoms with Gasteiger partial charge in [-0.25, -0.2) is 4.98 Å². The Bertz CT molecular complexity index is 596. The van der Waals surface area contributed by atoms with Gasteiger partial charge in [0.2, 0.25) is 0 Å². The first-order chi connectivity index (χ1) is 10.3. The fourth-order valence-corrected chi connectivity index (χ4v) is 3.83. The zero-order valence-corrected chi connectivity index (χ0v) is 13.3. The smallest absolute Gasteiger partial charge is 0.0897 e. The maximum Gasteiger partial charge on any atom is 0.0897 e. The summed E-state index contributed by atoms with van der Waals surface area (Å²) in [5.74, 6) is 0. The van der Waals surface area contributed by atoms with E-state index in [-0.39, 0.29) is 6.61 Å². The lowest BCUT2D eigenvalue weighted by atomic mass is 10.1. The van der Waals surface area contributed by atoms with Crippen molar-refractivity contribution < 1.29 is 5.11 Å². The minimum atomic E-state index is 0.251. The number of aromatic nitrogens is 1. The summed E-state index contributed by atoms with van der Waals surface area (Å²) in [4.78, 5) is 7.08. The molecule has 1 aromatic heterocycles. The van der Waals surface area contributed by atoms with Crippen LogP contribution in [0.15, 0.2) is 29.6 Å². The Morgan fingerprint density at radius 1 is 1.38 bits per heavy atom. The monoisotopic (exact) mass is 302 g/mol. The normalized spacial score (nSPS) is 17.4. The SMILES string of the molecule is Cc1nc(CN(CCCO)C2CCc3ccccc32)cs1. The molecule has 0 bridgehead atoms. The molecule has 2 aromatic rings. The van der Waals surface area contributed by atoms with Crippen LogP contribution >= 0.6 is 11.3 Å². The Kier molecular flexibility index (Phi) is 4.68. The van der Waals surface area contributed by atoms with E-state index in [2.05, 4.69) is 46.5 Å². The molecule has 112 valence electrons. The van der Waals surface area contributed by atoms with Gasteiger partial charge >= 0.3 is 0 Å². The summed E-state index contributed by atoms with van der Waals surface area (Å²) in [6.45, 7) is 4.10. The summed E-state index contributed by atoms with van der Waals surface area (Å²) in [6, 6.07) is 9.23. The Balaban J connectivity index is 1.79. The largest absolute Gasteiger partial charge is 0.396 e. The number of rotatable bonds is 6. The second-order valence-electron chi connectivity index (χ2n) is 5.66. The van der Waals surface area contributed by atoms with Crippen molar-refractivity contribution in [3.8, 4) is 0 Å². The highest BCUT2D eigenvalue weighted by atomic mass is 32.1. The first-order valence-electron chi connectivity index (χ1n) is 7.61. The van der Waals surface area contributed by atoms with Crippen molar-refractivity contribution >= 4 is 11.3 Å². The number of hydrogen-bond donors (Lipinski definition) is 1. The lowest BCUT2D eigenvalue weighted by Gasteiger charge is -2.29. The van der Waals surface area contributed by atoms with Crippen LogP contribution in [0.25, 0.3) is 0 Å². The highest BCUT2D eigenvalue weighted by molar-refractivity contribution is 7.09. The number of aryl methyl sites for hydroxylation is 2. The molecular formula is C17H22N2OS. The van der Waals surface area contributed by atoms with Gasteiger partial charge < -0.3 is 5.11 Å². The second-order valence-corrected chi connectivity index (χ2v) is 6.72. The number of aliphatic hydroxyl groups excluding tert-OH is 1. The fraction of sp³-hybridized carbons (Fsp3) is 0.471. The van der Waals surface area contributed by atoms with Gasteiger partial charge in [0.05, 0.1) is 10.7 Å². The van der Waals surface area contributed by atoms with Gasteiger partial charge in [-0.15, -0.1) is 11.3 Å². The molecule has 0 aliphatic heterocycles. The molecule has 1 aromatic carbocycles. The molecule has 0 spiro atoms. The summed E-state index contributed by atoms with van der Waals surface area (Å²) >= 11 is 1.71. The van der Waals surface area contributed by atoms with E-state index in [0.717, 1.165) is 36.6 Å². The molecule has 1 unspecified atom stereocenters. The molecule has 1 aliphatic carbocycles. The molecule has 4 heteroatoms. The lowest BCUT2D eigenvalue weighted by molar-refractivity contribution is 0.164. The van der Waals surface area contributed by atoms with Crippen molar-refractivity contribution in [2.45, 2.75) is 38.8 Å². The van der Waals surface area contributed by atoms with E-state index in [9.17, 15) is 5.11 Å². The highest BCUT2D eigenvalue weighted by Crippen LogP contribution is 2.36. The topological polar surface area (TPSA) is 36.4 Å².